The van der Waals surface area contributed by atoms with Gasteiger partial charge in [-0.25, -0.2) is 8.42 Å². The van der Waals surface area contributed by atoms with Crippen LogP contribution in [0.1, 0.15) is 32.1 Å². The van der Waals surface area contributed by atoms with Gasteiger partial charge in [0.05, 0.1) is 4.90 Å². The van der Waals surface area contributed by atoms with Crippen LogP contribution in [0.2, 0.25) is 0 Å². The number of sulfonamides is 1. The smallest absolute Gasteiger partial charge is 0.244 e. The molecule has 6 heteroatoms. The first kappa shape index (κ1) is 14.4. The first-order valence-electron chi connectivity index (χ1n) is 7.07. The predicted molar refractivity (Wildman–Crippen MR) is 82.8 cm³/mol. The van der Waals surface area contributed by atoms with Crippen LogP contribution in [-0.2, 0) is 10.0 Å². The molecule has 4 nitrogen and oxygen atoms in total. The van der Waals surface area contributed by atoms with Crippen molar-refractivity contribution in [1.82, 2.24) is 4.31 Å². The molecule has 0 radical (unpaired) electrons. The first-order chi connectivity index (χ1) is 9.50. The van der Waals surface area contributed by atoms with Crippen molar-refractivity contribution in [2.75, 3.05) is 12.3 Å². The van der Waals surface area contributed by atoms with Crippen molar-refractivity contribution >= 4 is 31.6 Å². The molecular weight excluding hydrogens is 340 g/mol. The average molecular weight is 359 g/mol. The van der Waals surface area contributed by atoms with E-state index in [1.807, 2.05) is 0 Å². The van der Waals surface area contributed by atoms with Gasteiger partial charge in [0.1, 0.15) is 0 Å². The van der Waals surface area contributed by atoms with Gasteiger partial charge < -0.3 is 5.73 Å². The fourth-order valence-electron chi connectivity index (χ4n) is 3.51. The monoisotopic (exact) mass is 358 g/mol. The van der Waals surface area contributed by atoms with Crippen LogP contribution >= 0.6 is 15.9 Å². The molecule has 1 saturated heterocycles. The van der Waals surface area contributed by atoms with Crippen LogP contribution in [-0.4, -0.2) is 25.3 Å². The van der Waals surface area contributed by atoms with Crippen LogP contribution in [0, 0.1) is 5.92 Å². The van der Waals surface area contributed by atoms with Crippen LogP contribution in [0.4, 0.5) is 5.69 Å². The second-order valence-corrected chi connectivity index (χ2v) is 8.42. The number of nitrogens with two attached hydrogens (primary N) is 1. The van der Waals surface area contributed by atoms with Crippen LogP contribution < -0.4 is 5.73 Å². The average Bonchev–Trinajstić information content (AvgIpc) is 2.82. The maximum Gasteiger partial charge on any atom is 0.244 e. The third-order valence-electron chi connectivity index (χ3n) is 4.50. The van der Waals surface area contributed by atoms with Crippen molar-refractivity contribution in [1.29, 1.82) is 0 Å². The molecule has 1 aliphatic heterocycles. The van der Waals surface area contributed by atoms with Gasteiger partial charge in [-0.1, -0.05) is 12.8 Å². The molecule has 0 aromatic heterocycles. The Hall–Kier alpha value is -0.590. The Kier molecular flexibility index (Phi) is 3.81. The molecule has 2 fully saturated rings. The van der Waals surface area contributed by atoms with E-state index in [9.17, 15) is 8.42 Å². The molecule has 110 valence electrons. The maximum absolute atomic E-state index is 12.9. The van der Waals surface area contributed by atoms with Gasteiger partial charge in [-0.3, -0.25) is 0 Å². The molecule has 0 bridgehead atoms. The minimum atomic E-state index is -3.43. The summed E-state index contributed by atoms with van der Waals surface area (Å²) in [6.07, 6.45) is 5.53. The van der Waals surface area contributed by atoms with Crippen molar-refractivity contribution < 1.29 is 8.42 Å². The Morgan fingerprint density at radius 2 is 1.95 bits per heavy atom. The lowest BCUT2D eigenvalue weighted by molar-refractivity contribution is 0.260. The fourth-order valence-corrected chi connectivity index (χ4v) is 6.30. The number of nitrogens with zero attached hydrogens (tertiary/aromatic N) is 1. The van der Waals surface area contributed by atoms with Crippen LogP contribution in [0.25, 0.3) is 0 Å². The van der Waals surface area contributed by atoms with Crippen LogP contribution in [0.5, 0.6) is 0 Å². The molecule has 1 aromatic rings. The molecule has 2 unspecified atom stereocenters. The quantitative estimate of drug-likeness (QED) is 0.826. The molecule has 1 saturated carbocycles. The van der Waals surface area contributed by atoms with Gasteiger partial charge in [-0.05, 0) is 59.3 Å². The highest BCUT2D eigenvalue weighted by Crippen LogP contribution is 2.40. The molecule has 1 aromatic carbocycles. The minimum Gasteiger partial charge on any atom is -0.399 e. The first-order valence-corrected chi connectivity index (χ1v) is 9.30. The van der Waals surface area contributed by atoms with E-state index in [1.165, 1.54) is 12.8 Å². The number of hydrogen-bond donors (Lipinski definition) is 1. The SMILES string of the molecule is Nc1ccc(S(=O)(=O)N2CCC3CCCCC32)c(Br)c1. The topological polar surface area (TPSA) is 63.4 Å². The van der Waals surface area contributed by atoms with Crippen molar-refractivity contribution in [3.05, 3.63) is 22.7 Å². The van der Waals surface area contributed by atoms with Crippen LogP contribution in [0.15, 0.2) is 27.6 Å². The largest absolute Gasteiger partial charge is 0.399 e. The van der Waals surface area contributed by atoms with Gasteiger partial charge in [0.15, 0.2) is 0 Å². The standard InChI is InChI=1S/C14H19BrN2O2S/c15-12-9-11(16)5-6-14(12)20(18,19)17-8-7-10-3-1-2-4-13(10)17/h5-6,9-10,13H,1-4,7-8,16H2. The van der Waals surface area contributed by atoms with Crippen molar-refractivity contribution in [2.24, 2.45) is 5.92 Å². The minimum absolute atomic E-state index is 0.193. The van der Waals surface area contributed by atoms with Crippen LogP contribution in [0.3, 0.4) is 0 Å². The number of hydrogen-bond acceptors (Lipinski definition) is 3. The highest BCUT2D eigenvalue weighted by molar-refractivity contribution is 9.10. The Balaban J connectivity index is 1.95. The molecule has 3 rings (SSSR count). The number of fused-ring (bicyclic) bond motifs is 1. The van der Waals surface area contributed by atoms with Gasteiger partial charge in [-0.15, -0.1) is 0 Å². The molecule has 1 heterocycles. The van der Waals surface area contributed by atoms with E-state index in [0.29, 0.717) is 27.5 Å². The van der Waals surface area contributed by atoms with Gasteiger partial charge >= 0.3 is 0 Å². The number of nitrogen functional groups attached to an aromatic ring is 1. The normalized spacial score (nSPS) is 27.4. The number of benzene rings is 1. The molecule has 1 aliphatic carbocycles. The summed E-state index contributed by atoms with van der Waals surface area (Å²) in [5, 5.41) is 0. The summed E-state index contributed by atoms with van der Waals surface area (Å²) in [7, 11) is -3.43. The van der Waals surface area contributed by atoms with Gasteiger partial charge in [0.2, 0.25) is 10.0 Å². The fraction of sp³-hybridized carbons (Fsp3) is 0.571. The number of anilines is 1. The molecular formula is C14H19BrN2O2S. The molecule has 0 spiro atoms. The zero-order valence-electron chi connectivity index (χ0n) is 11.3. The predicted octanol–water partition coefficient (Wildman–Crippen LogP) is 2.98. The Morgan fingerprint density at radius 3 is 2.70 bits per heavy atom. The molecule has 2 aliphatic rings. The Morgan fingerprint density at radius 1 is 1.20 bits per heavy atom. The van der Waals surface area contributed by atoms with Crippen molar-refractivity contribution in [3.63, 3.8) is 0 Å². The second-order valence-electron chi connectivity index (χ2n) is 5.71. The summed E-state index contributed by atoms with van der Waals surface area (Å²) >= 11 is 3.33. The van der Waals surface area contributed by atoms with Crippen molar-refractivity contribution in [3.8, 4) is 0 Å². The lowest BCUT2D eigenvalue weighted by Gasteiger charge is -2.31. The second kappa shape index (κ2) is 5.31. The summed E-state index contributed by atoms with van der Waals surface area (Å²) in [5.41, 5.74) is 6.25. The van der Waals surface area contributed by atoms with E-state index in [0.717, 1.165) is 19.3 Å². The van der Waals surface area contributed by atoms with E-state index < -0.39 is 10.0 Å². The highest BCUT2D eigenvalue weighted by atomic mass is 79.9. The zero-order chi connectivity index (χ0) is 14.3. The summed E-state index contributed by atoms with van der Waals surface area (Å²) in [5.74, 6) is 0.547. The lowest BCUT2D eigenvalue weighted by atomic mass is 9.86. The summed E-state index contributed by atoms with van der Waals surface area (Å²) in [6.45, 7) is 0.647. The number of halogens is 1. The maximum atomic E-state index is 12.9. The highest BCUT2D eigenvalue weighted by Gasteiger charge is 2.42. The van der Waals surface area contributed by atoms with E-state index in [1.54, 1.807) is 22.5 Å². The molecule has 2 atom stereocenters. The third kappa shape index (κ3) is 2.38. The third-order valence-corrected chi connectivity index (χ3v) is 7.40. The van der Waals surface area contributed by atoms with E-state index in [2.05, 4.69) is 15.9 Å². The lowest BCUT2D eigenvalue weighted by Crippen LogP contribution is -2.39. The Bertz CT molecular complexity index is 618. The summed E-state index contributed by atoms with van der Waals surface area (Å²) in [4.78, 5) is 0.331. The van der Waals surface area contributed by atoms with E-state index >= 15 is 0 Å². The molecule has 20 heavy (non-hydrogen) atoms. The molecule has 2 N–H and O–H groups in total. The Labute approximate surface area is 128 Å². The zero-order valence-corrected chi connectivity index (χ0v) is 13.7. The number of rotatable bonds is 2. The summed E-state index contributed by atoms with van der Waals surface area (Å²) < 4.78 is 28.0. The van der Waals surface area contributed by atoms with Gasteiger partial charge in [0, 0.05) is 22.7 Å². The summed E-state index contributed by atoms with van der Waals surface area (Å²) in [6, 6.07) is 5.09. The van der Waals surface area contributed by atoms with E-state index in [-0.39, 0.29) is 6.04 Å². The van der Waals surface area contributed by atoms with Gasteiger partial charge in [-0.2, -0.15) is 4.31 Å². The van der Waals surface area contributed by atoms with Gasteiger partial charge in [0.25, 0.3) is 0 Å². The molecule has 0 amide bonds. The van der Waals surface area contributed by atoms with E-state index in [4.69, 9.17) is 5.73 Å². The van der Waals surface area contributed by atoms with Crippen molar-refractivity contribution in [2.45, 2.75) is 43.0 Å².